The highest BCUT2D eigenvalue weighted by molar-refractivity contribution is 5.91. The molecule has 2 aliphatic heterocycles. The van der Waals surface area contributed by atoms with E-state index in [4.69, 9.17) is 0 Å². The molecule has 0 bridgehead atoms. The normalized spacial score (nSPS) is 19.2. The fourth-order valence-electron chi connectivity index (χ4n) is 4.33. The first-order valence-corrected chi connectivity index (χ1v) is 10.6. The molecule has 30 heavy (non-hydrogen) atoms. The number of carbonyl (C=O) groups is 2. The van der Waals surface area contributed by atoms with Crippen LogP contribution in [-0.4, -0.2) is 62.5 Å². The van der Waals surface area contributed by atoms with Crippen molar-refractivity contribution in [2.75, 3.05) is 51.1 Å². The first-order chi connectivity index (χ1) is 14.6. The van der Waals surface area contributed by atoms with Gasteiger partial charge >= 0.3 is 0 Å². The Morgan fingerprint density at radius 3 is 2.33 bits per heavy atom. The zero-order valence-corrected chi connectivity index (χ0v) is 17.1. The van der Waals surface area contributed by atoms with Gasteiger partial charge in [-0.2, -0.15) is 0 Å². The maximum Gasteiger partial charge on any atom is 0.279 e. The molecule has 1 atom stereocenters. The van der Waals surface area contributed by atoms with Gasteiger partial charge in [-0.1, -0.05) is 24.3 Å². The van der Waals surface area contributed by atoms with Gasteiger partial charge in [-0.25, -0.2) is 4.39 Å². The molecule has 6 nitrogen and oxygen atoms in total. The maximum absolute atomic E-state index is 13.0. The number of nitrogens with one attached hydrogen (secondary N) is 3. The Kier molecular flexibility index (Phi) is 6.40. The lowest BCUT2D eigenvalue weighted by Crippen LogP contribution is -3.16. The molecular formula is C23H29FN4O2+2. The Hall–Kier alpha value is -2.77. The van der Waals surface area contributed by atoms with Crippen LogP contribution in [0.15, 0.2) is 48.5 Å². The molecular weight excluding hydrogens is 383 g/mol. The van der Waals surface area contributed by atoms with Crippen molar-refractivity contribution in [3.05, 3.63) is 65.5 Å². The molecule has 4 rings (SSSR count). The van der Waals surface area contributed by atoms with Crippen molar-refractivity contribution in [2.45, 2.75) is 13.0 Å². The Balaban J connectivity index is 1.20. The van der Waals surface area contributed by atoms with Gasteiger partial charge in [0, 0.05) is 17.7 Å². The van der Waals surface area contributed by atoms with E-state index >= 15 is 0 Å². The standard InChI is InChI=1S/C23H27FN4O2/c24-20-5-7-21(8-6-20)25-22(29)16-26-11-13-28(14-12-26)23(30)17-27-10-9-18-3-1-2-4-19(18)15-27/h1-8H,9-17H2,(H,25,29)/p+2. The number of nitrogens with zero attached hydrogens (tertiary/aromatic N) is 1. The van der Waals surface area contributed by atoms with Crippen LogP contribution >= 0.6 is 0 Å². The van der Waals surface area contributed by atoms with E-state index in [1.807, 2.05) is 4.90 Å². The zero-order chi connectivity index (χ0) is 20.9. The molecule has 0 spiro atoms. The summed E-state index contributed by atoms with van der Waals surface area (Å²) in [5.74, 6) is -0.206. The van der Waals surface area contributed by atoms with E-state index in [1.54, 1.807) is 12.1 Å². The summed E-state index contributed by atoms with van der Waals surface area (Å²) in [6.07, 6.45) is 1.03. The third kappa shape index (κ3) is 5.23. The largest absolute Gasteiger partial charge is 0.327 e. The molecule has 158 valence electrons. The van der Waals surface area contributed by atoms with Crippen LogP contribution in [0.3, 0.4) is 0 Å². The smallest absolute Gasteiger partial charge is 0.279 e. The number of piperazine rings is 1. The molecule has 2 aliphatic rings. The average molecular weight is 413 g/mol. The lowest BCUT2D eigenvalue weighted by atomic mass is 10.00. The summed E-state index contributed by atoms with van der Waals surface area (Å²) in [5.41, 5.74) is 3.36. The SMILES string of the molecule is O=C(C[NH+]1CCN(C(=O)C[NH+]2CCc3ccccc3C2)CC1)Nc1ccc(F)cc1. The fourth-order valence-corrected chi connectivity index (χ4v) is 4.33. The topological polar surface area (TPSA) is 58.3 Å². The number of anilines is 1. The van der Waals surface area contributed by atoms with Gasteiger partial charge in [0.2, 0.25) is 0 Å². The predicted octanol–water partition coefficient (Wildman–Crippen LogP) is -0.867. The first-order valence-electron chi connectivity index (χ1n) is 10.6. The summed E-state index contributed by atoms with van der Waals surface area (Å²) in [5, 5.41) is 2.80. The van der Waals surface area contributed by atoms with Crippen molar-refractivity contribution >= 4 is 17.5 Å². The number of benzene rings is 2. The van der Waals surface area contributed by atoms with Gasteiger partial charge in [-0.3, -0.25) is 9.59 Å². The van der Waals surface area contributed by atoms with Gasteiger partial charge in [-0.15, -0.1) is 0 Å². The number of hydrogen-bond acceptors (Lipinski definition) is 2. The van der Waals surface area contributed by atoms with Crippen molar-refractivity contribution in [1.29, 1.82) is 0 Å². The average Bonchev–Trinajstić information content (AvgIpc) is 2.76. The van der Waals surface area contributed by atoms with E-state index in [2.05, 4.69) is 29.6 Å². The second-order valence-electron chi connectivity index (χ2n) is 8.23. The number of amides is 2. The highest BCUT2D eigenvalue weighted by atomic mass is 19.1. The van der Waals surface area contributed by atoms with Crippen molar-refractivity contribution in [3.63, 3.8) is 0 Å². The Labute approximate surface area is 176 Å². The molecule has 7 heteroatoms. The second kappa shape index (κ2) is 9.36. The van der Waals surface area contributed by atoms with E-state index < -0.39 is 0 Å². The number of carbonyl (C=O) groups excluding carboxylic acids is 2. The zero-order valence-electron chi connectivity index (χ0n) is 17.1. The number of fused-ring (bicyclic) bond motifs is 1. The molecule has 0 radical (unpaired) electrons. The first kappa shape index (κ1) is 20.5. The summed E-state index contributed by atoms with van der Waals surface area (Å²) in [6, 6.07) is 14.3. The van der Waals surface area contributed by atoms with Crippen LogP contribution in [0.2, 0.25) is 0 Å². The molecule has 1 saturated heterocycles. The van der Waals surface area contributed by atoms with Gasteiger partial charge in [0.25, 0.3) is 11.8 Å². The highest BCUT2D eigenvalue weighted by Crippen LogP contribution is 2.10. The molecule has 1 unspecified atom stereocenters. The molecule has 1 fully saturated rings. The summed E-state index contributed by atoms with van der Waals surface area (Å²) in [4.78, 5) is 29.4. The van der Waals surface area contributed by atoms with E-state index in [0.717, 1.165) is 37.5 Å². The number of quaternary nitrogens is 2. The lowest BCUT2D eigenvalue weighted by molar-refractivity contribution is -0.909. The Morgan fingerprint density at radius 1 is 0.900 bits per heavy atom. The second-order valence-corrected chi connectivity index (χ2v) is 8.23. The number of hydrogen-bond donors (Lipinski definition) is 3. The van der Waals surface area contributed by atoms with Crippen LogP contribution in [0.25, 0.3) is 0 Å². The van der Waals surface area contributed by atoms with Crippen LogP contribution < -0.4 is 15.1 Å². The van der Waals surface area contributed by atoms with Gasteiger partial charge in [0.1, 0.15) is 12.4 Å². The van der Waals surface area contributed by atoms with Gasteiger partial charge in [0.05, 0.1) is 32.7 Å². The molecule has 0 aromatic heterocycles. The molecule has 0 aliphatic carbocycles. The molecule has 2 amide bonds. The van der Waals surface area contributed by atoms with E-state index in [-0.39, 0.29) is 17.6 Å². The van der Waals surface area contributed by atoms with Gasteiger partial charge < -0.3 is 20.0 Å². The fraction of sp³-hybridized carbons (Fsp3) is 0.391. The minimum Gasteiger partial charge on any atom is -0.327 e. The minimum atomic E-state index is -0.324. The van der Waals surface area contributed by atoms with Crippen molar-refractivity contribution in [2.24, 2.45) is 0 Å². The van der Waals surface area contributed by atoms with Crippen LogP contribution in [0.5, 0.6) is 0 Å². The van der Waals surface area contributed by atoms with Gasteiger partial charge in [0.15, 0.2) is 13.1 Å². The monoisotopic (exact) mass is 412 g/mol. The van der Waals surface area contributed by atoms with Crippen LogP contribution in [0, 0.1) is 5.82 Å². The van der Waals surface area contributed by atoms with Crippen molar-refractivity contribution in [3.8, 4) is 0 Å². The maximum atomic E-state index is 13.0. The third-order valence-corrected chi connectivity index (χ3v) is 6.07. The van der Waals surface area contributed by atoms with Crippen molar-refractivity contribution < 1.29 is 23.8 Å². The van der Waals surface area contributed by atoms with Gasteiger partial charge in [-0.05, 0) is 29.8 Å². The molecule has 2 aromatic rings. The Morgan fingerprint density at radius 2 is 1.60 bits per heavy atom. The quantitative estimate of drug-likeness (QED) is 0.598. The highest BCUT2D eigenvalue weighted by Gasteiger charge is 2.28. The summed E-state index contributed by atoms with van der Waals surface area (Å²) < 4.78 is 13.0. The summed E-state index contributed by atoms with van der Waals surface area (Å²) >= 11 is 0. The van der Waals surface area contributed by atoms with E-state index in [0.29, 0.717) is 31.9 Å². The summed E-state index contributed by atoms with van der Waals surface area (Å²) in [7, 11) is 0. The molecule has 2 aromatic carbocycles. The van der Waals surface area contributed by atoms with E-state index in [1.165, 1.54) is 28.2 Å². The van der Waals surface area contributed by atoms with Crippen molar-refractivity contribution in [1.82, 2.24) is 4.90 Å². The predicted molar refractivity (Wildman–Crippen MR) is 112 cm³/mol. The molecule has 3 N–H and O–H groups in total. The Bertz CT molecular complexity index is 894. The summed E-state index contributed by atoms with van der Waals surface area (Å²) in [6.45, 7) is 5.70. The number of rotatable bonds is 5. The molecule has 0 saturated carbocycles. The lowest BCUT2D eigenvalue weighted by Gasteiger charge is -2.33. The third-order valence-electron chi connectivity index (χ3n) is 6.07. The minimum absolute atomic E-state index is 0.0900. The number of halogens is 1. The van der Waals surface area contributed by atoms with Crippen LogP contribution in [0.4, 0.5) is 10.1 Å². The molecule has 2 heterocycles. The van der Waals surface area contributed by atoms with E-state index in [9.17, 15) is 14.0 Å². The van der Waals surface area contributed by atoms with Crippen LogP contribution in [0.1, 0.15) is 11.1 Å². The van der Waals surface area contributed by atoms with Crippen LogP contribution in [-0.2, 0) is 22.6 Å².